The van der Waals surface area contributed by atoms with Gasteiger partial charge in [-0.15, -0.1) is 16.4 Å². The van der Waals surface area contributed by atoms with Gasteiger partial charge in [0, 0.05) is 6.54 Å². The van der Waals surface area contributed by atoms with Crippen LogP contribution >= 0.6 is 11.3 Å². The fourth-order valence-corrected chi connectivity index (χ4v) is 3.11. The molecule has 0 aliphatic carbocycles. The number of nitrogens with zero attached hydrogens (tertiary/aromatic N) is 4. The van der Waals surface area contributed by atoms with E-state index in [0.717, 1.165) is 17.8 Å². The van der Waals surface area contributed by atoms with Crippen molar-refractivity contribution in [1.82, 2.24) is 25.0 Å². The van der Waals surface area contributed by atoms with Crippen LogP contribution < -0.4 is 5.32 Å². The summed E-state index contributed by atoms with van der Waals surface area (Å²) in [5.74, 6) is 0.0143. The van der Waals surface area contributed by atoms with Gasteiger partial charge in [-0.05, 0) is 62.8 Å². The molecule has 2 heterocycles. The van der Waals surface area contributed by atoms with E-state index < -0.39 is 0 Å². The third kappa shape index (κ3) is 4.33. The van der Waals surface area contributed by atoms with Crippen molar-refractivity contribution >= 4 is 17.2 Å². The van der Waals surface area contributed by atoms with Crippen molar-refractivity contribution in [3.05, 3.63) is 53.4 Å². The van der Waals surface area contributed by atoms with Crippen LogP contribution in [0.3, 0.4) is 0 Å². The summed E-state index contributed by atoms with van der Waals surface area (Å²) >= 11 is 1.50. The van der Waals surface area contributed by atoms with E-state index in [1.807, 2.05) is 31.6 Å². The Balaban J connectivity index is 1.84. The van der Waals surface area contributed by atoms with Crippen LogP contribution in [0.15, 0.2) is 41.8 Å². The minimum Gasteiger partial charge on any atom is -0.349 e. The Morgan fingerprint density at radius 1 is 1.27 bits per heavy atom. The molecule has 26 heavy (non-hydrogen) atoms. The standard InChI is InChI=1S/C18H20FN5OS/c1-23(2)11-4-10-20-18(25)16-21-17(15-5-3-12-26-15)24(22-16)14-8-6-13(19)7-9-14/h3,5-9,12H,4,10-11H2,1-2H3,(H,20,25). The number of amides is 1. The molecule has 3 rings (SSSR count). The Morgan fingerprint density at radius 2 is 2.04 bits per heavy atom. The van der Waals surface area contributed by atoms with Gasteiger partial charge < -0.3 is 10.2 Å². The van der Waals surface area contributed by atoms with Gasteiger partial charge in [-0.25, -0.2) is 14.1 Å². The number of carbonyl (C=O) groups excluding carboxylic acids is 1. The van der Waals surface area contributed by atoms with Crippen LogP contribution in [-0.4, -0.2) is 52.8 Å². The topological polar surface area (TPSA) is 63.1 Å². The maximum Gasteiger partial charge on any atom is 0.290 e. The van der Waals surface area contributed by atoms with E-state index in [0.29, 0.717) is 18.1 Å². The van der Waals surface area contributed by atoms with Crippen molar-refractivity contribution in [1.29, 1.82) is 0 Å². The minimum atomic E-state index is -0.328. The zero-order valence-electron chi connectivity index (χ0n) is 14.6. The van der Waals surface area contributed by atoms with Crippen molar-refractivity contribution in [3.8, 4) is 16.4 Å². The van der Waals surface area contributed by atoms with Gasteiger partial charge in [0.1, 0.15) is 5.82 Å². The van der Waals surface area contributed by atoms with E-state index >= 15 is 0 Å². The Labute approximate surface area is 155 Å². The third-order valence-electron chi connectivity index (χ3n) is 3.69. The fourth-order valence-electron chi connectivity index (χ4n) is 2.41. The lowest BCUT2D eigenvalue weighted by Crippen LogP contribution is -2.28. The van der Waals surface area contributed by atoms with Crippen LogP contribution in [0.1, 0.15) is 17.0 Å². The number of halogens is 1. The maximum absolute atomic E-state index is 13.2. The first-order chi connectivity index (χ1) is 12.5. The van der Waals surface area contributed by atoms with Crippen LogP contribution in [0.25, 0.3) is 16.4 Å². The Hall–Kier alpha value is -2.58. The molecule has 0 saturated carbocycles. The molecule has 6 nitrogen and oxygen atoms in total. The highest BCUT2D eigenvalue weighted by Crippen LogP contribution is 2.25. The molecule has 0 saturated heterocycles. The number of benzene rings is 1. The largest absolute Gasteiger partial charge is 0.349 e. The van der Waals surface area contributed by atoms with Gasteiger partial charge in [0.15, 0.2) is 5.82 Å². The van der Waals surface area contributed by atoms with Crippen molar-refractivity contribution in [2.24, 2.45) is 0 Å². The molecule has 0 aliphatic heterocycles. The van der Waals surface area contributed by atoms with Crippen molar-refractivity contribution in [3.63, 3.8) is 0 Å². The third-order valence-corrected chi connectivity index (χ3v) is 4.56. The first-order valence-electron chi connectivity index (χ1n) is 8.24. The summed E-state index contributed by atoms with van der Waals surface area (Å²) in [5.41, 5.74) is 0.647. The number of carbonyl (C=O) groups is 1. The molecule has 0 radical (unpaired) electrons. The van der Waals surface area contributed by atoms with Gasteiger partial charge in [-0.3, -0.25) is 4.79 Å². The summed E-state index contributed by atoms with van der Waals surface area (Å²) in [6.45, 7) is 1.44. The molecule has 3 aromatic rings. The highest BCUT2D eigenvalue weighted by Gasteiger charge is 2.19. The highest BCUT2D eigenvalue weighted by molar-refractivity contribution is 7.13. The Bertz CT molecular complexity index is 858. The van der Waals surface area contributed by atoms with Crippen LogP contribution in [-0.2, 0) is 0 Å². The zero-order chi connectivity index (χ0) is 18.5. The molecule has 1 aromatic carbocycles. The number of nitrogens with one attached hydrogen (secondary N) is 1. The lowest BCUT2D eigenvalue weighted by molar-refractivity contribution is 0.0942. The summed E-state index contributed by atoms with van der Waals surface area (Å²) in [7, 11) is 3.97. The number of hydrogen-bond acceptors (Lipinski definition) is 5. The number of rotatable bonds is 7. The van der Waals surface area contributed by atoms with Gasteiger partial charge in [-0.2, -0.15) is 0 Å². The second-order valence-electron chi connectivity index (χ2n) is 6.04. The summed E-state index contributed by atoms with van der Waals surface area (Å²) in [5, 5.41) is 9.12. The zero-order valence-corrected chi connectivity index (χ0v) is 15.5. The van der Waals surface area contributed by atoms with E-state index in [2.05, 4.69) is 20.3 Å². The molecule has 0 aliphatic rings. The molecule has 0 atom stereocenters. The molecule has 8 heteroatoms. The van der Waals surface area contributed by atoms with Crippen LogP contribution in [0.2, 0.25) is 0 Å². The maximum atomic E-state index is 13.2. The Morgan fingerprint density at radius 3 is 2.69 bits per heavy atom. The SMILES string of the molecule is CN(C)CCCNC(=O)c1nc(-c2cccs2)n(-c2ccc(F)cc2)n1. The summed E-state index contributed by atoms with van der Waals surface area (Å²) in [4.78, 5) is 19.7. The van der Waals surface area contributed by atoms with E-state index in [4.69, 9.17) is 0 Å². The van der Waals surface area contributed by atoms with Gasteiger partial charge in [0.2, 0.25) is 5.82 Å². The van der Waals surface area contributed by atoms with Crippen LogP contribution in [0.4, 0.5) is 4.39 Å². The first kappa shape index (κ1) is 18.2. The van der Waals surface area contributed by atoms with E-state index in [1.165, 1.54) is 23.5 Å². The van der Waals surface area contributed by atoms with Crippen LogP contribution in [0.5, 0.6) is 0 Å². The minimum absolute atomic E-state index is 0.0996. The Kier molecular flexibility index (Phi) is 5.75. The fraction of sp³-hybridized carbons (Fsp3) is 0.278. The van der Waals surface area contributed by atoms with Gasteiger partial charge in [0.25, 0.3) is 5.91 Å². The second-order valence-corrected chi connectivity index (χ2v) is 6.98. The summed E-state index contributed by atoms with van der Waals surface area (Å²) in [6.07, 6.45) is 0.842. The van der Waals surface area contributed by atoms with Crippen molar-refractivity contribution in [2.75, 3.05) is 27.2 Å². The van der Waals surface area contributed by atoms with Gasteiger partial charge in [-0.1, -0.05) is 6.07 Å². The number of hydrogen-bond donors (Lipinski definition) is 1. The van der Waals surface area contributed by atoms with E-state index in [-0.39, 0.29) is 17.5 Å². The van der Waals surface area contributed by atoms with Gasteiger partial charge >= 0.3 is 0 Å². The molecule has 0 spiro atoms. The molecule has 0 bridgehead atoms. The molecular formula is C18H20FN5OS. The van der Waals surface area contributed by atoms with Crippen molar-refractivity contribution in [2.45, 2.75) is 6.42 Å². The van der Waals surface area contributed by atoms with Crippen LogP contribution in [0, 0.1) is 5.82 Å². The first-order valence-corrected chi connectivity index (χ1v) is 9.12. The smallest absolute Gasteiger partial charge is 0.290 e. The summed E-state index contributed by atoms with van der Waals surface area (Å²) in [6, 6.07) is 9.75. The van der Waals surface area contributed by atoms with Crippen molar-refractivity contribution < 1.29 is 9.18 Å². The highest BCUT2D eigenvalue weighted by atomic mass is 32.1. The predicted molar refractivity (Wildman–Crippen MR) is 100 cm³/mol. The normalized spacial score (nSPS) is 11.1. The molecule has 136 valence electrons. The molecule has 1 N–H and O–H groups in total. The molecule has 0 fully saturated rings. The lowest BCUT2D eigenvalue weighted by Gasteiger charge is -2.08. The average molecular weight is 373 g/mol. The van der Waals surface area contributed by atoms with Gasteiger partial charge in [0.05, 0.1) is 10.6 Å². The monoisotopic (exact) mass is 373 g/mol. The molecular weight excluding hydrogens is 353 g/mol. The average Bonchev–Trinajstić information content (AvgIpc) is 3.28. The summed E-state index contributed by atoms with van der Waals surface area (Å²) < 4.78 is 14.8. The molecule has 0 unspecified atom stereocenters. The molecule has 1 amide bonds. The lowest BCUT2D eigenvalue weighted by atomic mass is 10.3. The van der Waals surface area contributed by atoms with E-state index in [9.17, 15) is 9.18 Å². The number of thiophene rings is 1. The quantitative estimate of drug-likeness (QED) is 0.647. The van der Waals surface area contributed by atoms with E-state index in [1.54, 1.807) is 16.8 Å². The predicted octanol–water partition coefficient (Wildman–Crippen LogP) is 2.82. The molecule has 2 aromatic heterocycles. The number of aromatic nitrogens is 3. The second kappa shape index (κ2) is 8.20.